The first-order valence-corrected chi connectivity index (χ1v) is 7.76. The number of benzene rings is 1. The average molecular weight is 300 g/mol. The fraction of sp³-hybridized carbons (Fsp3) is 0.462. The number of nitrogens with one attached hydrogen (secondary N) is 1. The Balaban J connectivity index is 3.36. The molecule has 0 atom stereocenters. The topological polar surface area (TPSA) is 75.7 Å². The minimum atomic E-state index is -3.65. The van der Waals surface area contributed by atoms with E-state index in [4.69, 9.17) is 4.74 Å². The maximum absolute atomic E-state index is 12.5. The van der Waals surface area contributed by atoms with Crippen LogP contribution in [0.3, 0.4) is 0 Å². The normalized spacial score (nSPS) is 11.4. The molecule has 112 valence electrons. The molecule has 0 unspecified atom stereocenters. The van der Waals surface area contributed by atoms with E-state index in [0.29, 0.717) is 18.8 Å². The summed E-state index contributed by atoms with van der Waals surface area (Å²) in [4.78, 5) is 11.1. The third-order valence-electron chi connectivity index (χ3n) is 2.81. The van der Waals surface area contributed by atoms with Gasteiger partial charge in [0.05, 0.1) is 7.11 Å². The van der Waals surface area contributed by atoms with Crippen LogP contribution in [0.5, 0.6) is 5.75 Å². The molecule has 0 aliphatic heterocycles. The van der Waals surface area contributed by atoms with Gasteiger partial charge >= 0.3 is 0 Å². The van der Waals surface area contributed by atoms with E-state index in [0.717, 1.165) is 0 Å². The molecular weight excluding hydrogens is 280 g/mol. The van der Waals surface area contributed by atoms with Crippen LogP contribution >= 0.6 is 0 Å². The molecule has 6 nitrogen and oxygen atoms in total. The molecule has 0 spiro atoms. The fourth-order valence-corrected chi connectivity index (χ4v) is 3.50. The first-order valence-electron chi connectivity index (χ1n) is 6.32. The predicted molar refractivity (Wildman–Crippen MR) is 77.4 cm³/mol. The minimum Gasteiger partial charge on any atom is -0.495 e. The van der Waals surface area contributed by atoms with Crippen molar-refractivity contribution in [3.8, 4) is 5.75 Å². The molecule has 0 saturated carbocycles. The van der Waals surface area contributed by atoms with Crippen LogP contribution in [0.25, 0.3) is 0 Å². The molecule has 0 aliphatic carbocycles. The maximum Gasteiger partial charge on any atom is 0.246 e. The molecule has 1 N–H and O–H groups in total. The lowest BCUT2D eigenvalue weighted by molar-refractivity contribution is -0.114. The number of amides is 1. The van der Waals surface area contributed by atoms with E-state index in [-0.39, 0.29) is 16.6 Å². The van der Waals surface area contributed by atoms with Gasteiger partial charge in [0.25, 0.3) is 0 Å². The zero-order valence-electron chi connectivity index (χ0n) is 12.1. The molecule has 1 aromatic carbocycles. The van der Waals surface area contributed by atoms with Crippen LogP contribution in [0.1, 0.15) is 20.8 Å². The summed E-state index contributed by atoms with van der Waals surface area (Å²) in [5.41, 5.74) is 0.420. The quantitative estimate of drug-likeness (QED) is 0.867. The SMILES string of the molecule is CCN(CC)S(=O)(=O)c1cc(NC(C)=O)ccc1OC. The third-order valence-corrected chi connectivity index (χ3v) is 4.88. The van der Waals surface area contributed by atoms with Crippen LogP contribution < -0.4 is 10.1 Å². The number of rotatable bonds is 6. The van der Waals surface area contributed by atoms with E-state index in [9.17, 15) is 13.2 Å². The number of hydrogen-bond acceptors (Lipinski definition) is 4. The number of hydrogen-bond donors (Lipinski definition) is 1. The summed E-state index contributed by atoms with van der Waals surface area (Å²) in [6.07, 6.45) is 0. The van der Waals surface area contributed by atoms with Gasteiger partial charge in [-0.3, -0.25) is 4.79 Å². The number of carbonyl (C=O) groups excluding carboxylic acids is 1. The van der Waals surface area contributed by atoms with Crippen molar-refractivity contribution in [3.05, 3.63) is 18.2 Å². The zero-order valence-corrected chi connectivity index (χ0v) is 13.0. The molecule has 1 rings (SSSR count). The van der Waals surface area contributed by atoms with E-state index in [1.54, 1.807) is 19.9 Å². The van der Waals surface area contributed by atoms with Gasteiger partial charge in [-0.25, -0.2) is 8.42 Å². The molecule has 0 saturated heterocycles. The molecule has 0 fully saturated rings. The van der Waals surface area contributed by atoms with E-state index in [1.165, 1.54) is 30.5 Å². The van der Waals surface area contributed by atoms with Crippen molar-refractivity contribution in [1.82, 2.24) is 4.31 Å². The number of sulfonamides is 1. The zero-order chi connectivity index (χ0) is 15.3. The molecule has 0 aromatic heterocycles. The standard InChI is InChI=1S/C13H20N2O4S/c1-5-15(6-2)20(17,18)13-9-11(14-10(3)16)7-8-12(13)19-4/h7-9H,5-6H2,1-4H3,(H,14,16). The number of carbonyl (C=O) groups is 1. The highest BCUT2D eigenvalue weighted by Crippen LogP contribution is 2.29. The Hall–Kier alpha value is -1.60. The van der Waals surface area contributed by atoms with Gasteiger partial charge in [-0.1, -0.05) is 13.8 Å². The molecule has 20 heavy (non-hydrogen) atoms. The Kier molecular flexibility index (Phi) is 5.52. The summed E-state index contributed by atoms with van der Waals surface area (Å²) in [5.74, 6) is -0.00708. The fourth-order valence-electron chi connectivity index (χ4n) is 1.86. The Morgan fingerprint density at radius 1 is 1.30 bits per heavy atom. The monoisotopic (exact) mass is 300 g/mol. The number of nitrogens with zero attached hydrogens (tertiary/aromatic N) is 1. The van der Waals surface area contributed by atoms with Crippen molar-refractivity contribution in [1.29, 1.82) is 0 Å². The van der Waals surface area contributed by atoms with Crippen molar-refractivity contribution in [3.63, 3.8) is 0 Å². The van der Waals surface area contributed by atoms with Crippen LogP contribution in [0, 0.1) is 0 Å². The van der Waals surface area contributed by atoms with Crippen molar-refractivity contribution < 1.29 is 17.9 Å². The summed E-state index contributed by atoms with van der Waals surface area (Å²) in [6, 6.07) is 4.54. The Morgan fingerprint density at radius 2 is 1.90 bits per heavy atom. The second-order valence-electron chi connectivity index (χ2n) is 4.14. The molecule has 7 heteroatoms. The van der Waals surface area contributed by atoms with E-state index in [1.807, 2.05) is 0 Å². The third kappa shape index (κ3) is 3.49. The van der Waals surface area contributed by atoms with Crippen LogP contribution in [-0.4, -0.2) is 38.8 Å². The number of anilines is 1. The highest BCUT2D eigenvalue weighted by atomic mass is 32.2. The van der Waals surface area contributed by atoms with E-state index >= 15 is 0 Å². The van der Waals surface area contributed by atoms with Gasteiger partial charge in [-0.05, 0) is 18.2 Å². The van der Waals surface area contributed by atoms with Crippen molar-refractivity contribution in [2.75, 3.05) is 25.5 Å². The van der Waals surface area contributed by atoms with E-state index < -0.39 is 10.0 Å². The molecule has 1 amide bonds. The van der Waals surface area contributed by atoms with Crippen molar-refractivity contribution >= 4 is 21.6 Å². The lowest BCUT2D eigenvalue weighted by atomic mass is 10.3. The molecular formula is C13H20N2O4S. The highest BCUT2D eigenvalue weighted by Gasteiger charge is 2.26. The van der Waals surface area contributed by atoms with Crippen LogP contribution in [0.4, 0.5) is 5.69 Å². The summed E-state index contributed by atoms with van der Waals surface area (Å²) < 4.78 is 31.5. The van der Waals surface area contributed by atoms with Gasteiger partial charge in [-0.15, -0.1) is 0 Å². The Labute approximate surface area is 119 Å². The summed E-state index contributed by atoms with van der Waals surface area (Å²) in [5, 5.41) is 2.57. The minimum absolute atomic E-state index is 0.0509. The Bertz CT molecular complexity index is 580. The summed E-state index contributed by atoms with van der Waals surface area (Å²) in [6.45, 7) is 5.64. The van der Waals surface area contributed by atoms with E-state index in [2.05, 4.69) is 5.32 Å². The summed E-state index contributed by atoms with van der Waals surface area (Å²) >= 11 is 0. The van der Waals surface area contributed by atoms with Gasteiger partial charge in [0.1, 0.15) is 10.6 Å². The lowest BCUT2D eigenvalue weighted by Gasteiger charge is -2.20. The molecule has 0 aliphatic rings. The first-order chi connectivity index (χ1) is 9.36. The maximum atomic E-state index is 12.5. The molecule has 0 radical (unpaired) electrons. The van der Waals surface area contributed by atoms with Crippen molar-refractivity contribution in [2.45, 2.75) is 25.7 Å². The lowest BCUT2D eigenvalue weighted by Crippen LogP contribution is -2.31. The average Bonchev–Trinajstić information content (AvgIpc) is 2.39. The van der Waals surface area contributed by atoms with Gasteiger partial charge < -0.3 is 10.1 Å². The summed E-state index contributed by atoms with van der Waals surface area (Å²) in [7, 11) is -2.23. The van der Waals surface area contributed by atoms with Crippen LogP contribution in [-0.2, 0) is 14.8 Å². The smallest absolute Gasteiger partial charge is 0.246 e. The second-order valence-corrected chi connectivity index (χ2v) is 6.04. The van der Waals surface area contributed by atoms with Gasteiger partial charge in [0, 0.05) is 25.7 Å². The highest BCUT2D eigenvalue weighted by molar-refractivity contribution is 7.89. The van der Waals surface area contributed by atoms with Crippen LogP contribution in [0.2, 0.25) is 0 Å². The predicted octanol–water partition coefficient (Wildman–Crippen LogP) is 1.68. The Morgan fingerprint density at radius 3 is 2.35 bits per heavy atom. The van der Waals surface area contributed by atoms with Crippen molar-refractivity contribution in [2.24, 2.45) is 0 Å². The molecule has 1 aromatic rings. The largest absolute Gasteiger partial charge is 0.495 e. The molecule has 0 heterocycles. The number of methoxy groups -OCH3 is 1. The van der Waals surface area contributed by atoms with Gasteiger partial charge in [-0.2, -0.15) is 4.31 Å². The number of ether oxygens (including phenoxy) is 1. The van der Waals surface area contributed by atoms with Gasteiger partial charge in [0.2, 0.25) is 15.9 Å². The first kappa shape index (κ1) is 16.5. The second kappa shape index (κ2) is 6.71. The van der Waals surface area contributed by atoms with Gasteiger partial charge in [0.15, 0.2) is 0 Å². The van der Waals surface area contributed by atoms with Crippen LogP contribution in [0.15, 0.2) is 23.1 Å². The molecule has 0 bridgehead atoms.